The van der Waals surface area contributed by atoms with Crippen molar-refractivity contribution in [2.24, 2.45) is 0 Å². The van der Waals surface area contributed by atoms with Gasteiger partial charge in [0.15, 0.2) is 0 Å². The molecular formula is C16H24N2O3. The largest absolute Gasteiger partial charge is 0.508 e. The molecule has 1 saturated heterocycles. The van der Waals surface area contributed by atoms with Crippen molar-refractivity contribution in [2.45, 2.75) is 26.4 Å². The SMILES string of the molecule is Cc1cc(C(=O)N2CCN(CC(C)(C)O)CC2)ccc1O. The molecule has 0 aromatic heterocycles. The maximum absolute atomic E-state index is 12.4. The topological polar surface area (TPSA) is 64.0 Å². The lowest BCUT2D eigenvalue weighted by atomic mass is 10.1. The summed E-state index contributed by atoms with van der Waals surface area (Å²) in [5, 5.41) is 19.4. The van der Waals surface area contributed by atoms with E-state index in [1.54, 1.807) is 39.0 Å². The molecule has 0 spiro atoms. The minimum Gasteiger partial charge on any atom is -0.508 e. The smallest absolute Gasteiger partial charge is 0.253 e. The Balaban J connectivity index is 1.95. The predicted octanol–water partition coefficient (Wildman–Crippen LogP) is 1.23. The van der Waals surface area contributed by atoms with Crippen LogP contribution in [0.15, 0.2) is 18.2 Å². The van der Waals surface area contributed by atoms with Crippen LogP contribution < -0.4 is 0 Å². The first kappa shape index (κ1) is 15.8. The van der Waals surface area contributed by atoms with E-state index in [4.69, 9.17) is 0 Å². The number of nitrogens with zero attached hydrogens (tertiary/aromatic N) is 2. The Kier molecular flexibility index (Phi) is 4.54. The zero-order chi connectivity index (χ0) is 15.6. The van der Waals surface area contributed by atoms with E-state index in [-0.39, 0.29) is 11.7 Å². The molecule has 0 atom stereocenters. The number of aliphatic hydroxyl groups is 1. The van der Waals surface area contributed by atoms with Gasteiger partial charge >= 0.3 is 0 Å². The second kappa shape index (κ2) is 6.03. The van der Waals surface area contributed by atoms with Gasteiger partial charge in [-0.05, 0) is 44.5 Å². The number of carbonyl (C=O) groups excluding carboxylic acids is 1. The highest BCUT2D eigenvalue weighted by molar-refractivity contribution is 5.94. The summed E-state index contributed by atoms with van der Waals surface area (Å²) < 4.78 is 0. The lowest BCUT2D eigenvalue weighted by molar-refractivity contribution is 0.0178. The van der Waals surface area contributed by atoms with Crippen molar-refractivity contribution in [2.75, 3.05) is 32.7 Å². The Bertz CT molecular complexity index is 515. The maximum Gasteiger partial charge on any atom is 0.253 e. The van der Waals surface area contributed by atoms with Crippen LogP contribution in [0.1, 0.15) is 29.8 Å². The molecule has 5 heteroatoms. The molecule has 1 aliphatic heterocycles. The van der Waals surface area contributed by atoms with Crippen molar-refractivity contribution < 1.29 is 15.0 Å². The quantitative estimate of drug-likeness (QED) is 0.879. The number of aryl methyl sites for hydroxylation is 1. The summed E-state index contributed by atoms with van der Waals surface area (Å²) in [4.78, 5) is 16.4. The average molecular weight is 292 g/mol. The van der Waals surface area contributed by atoms with E-state index in [0.717, 1.165) is 13.1 Å². The van der Waals surface area contributed by atoms with Crippen LogP contribution in [0.5, 0.6) is 5.75 Å². The monoisotopic (exact) mass is 292 g/mol. The molecule has 116 valence electrons. The third kappa shape index (κ3) is 4.19. The third-order valence-corrected chi connectivity index (χ3v) is 3.71. The van der Waals surface area contributed by atoms with Crippen molar-refractivity contribution in [3.8, 4) is 5.75 Å². The molecule has 1 amide bonds. The summed E-state index contributed by atoms with van der Waals surface area (Å²) in [7, 11) is 0. The van der Waals surface area contributed by atoms with Crippen LogP contribution in [0.25, 0.3) is 0 Å². The average Bonchev–Trinajstić information content (AvgIpc) is 2.40. The standard InChI is InChI=1S/C16H24N2O3/c1-12-10-13(4-5-14(12)19)15(20)18-8-6-17(7-9-18)11-16(2,3)21/h4-5,10,19,21H,6-9,11H2,1-3H3. The Labute approximate surface area is 125 Å². The first-order chi connectivity index (χ1) is 9.76. The molecule has 1 aliphatic rings. The molecular weight excluding hydrogens is 268 g/mol. The number of piperazine rings is 1. The molecule has 1 aromatic rings. The van der Waals surface area contributed by atoms with Crippen molar-refractivity contribution in [3.05, 3.63) is 29.3 Å². The summed E-state index contributed by atoms with van der Waals surface area (Å²) in [6.07, 6.45) is 0. The van der Waals surface area contributed by atoms with Gasteiger partial charge < -0.3 is 15.1 Å². The van der Waals surface area contributed by atoms with Gasteiger partial charge in [-0.1, -0.05) is 0 Å². The number of β-amino-alcohol motifs (C(OH)–C–C–N with tert-alkyl or cyclic N) is 1. The third-order valence-electron chi connectivity index (χ3n) is 3.71. The molecule has 0 bridgehead atoms. The number of hydrogen-bond donors (Lipinski definition) is 2. The van der Waals surface area contributed by atoms with Crippen LogP contribution >= 0.6 is 0 Å². The molecule has 1 heterocycles. The number of rotatable bonds is 3. The fourth-order valence-corrected chi connectivity index (χ4v) is 2.63. The number of amides is 1. The van der Waals surface area contributed by atoms with Crippen LogP contribution in [0.2, 0.25) is 0 Å². The lowest BCUT2D eigenvalue weighted by Crippen LogP contribution is -2.52. The molecule has 0 unspecified atom stereocenters. The molecule has 1 fully saturated rings. The first-order valence-electron chi connectivity index (χ1n) is 7.30. The van der Waals surface area contributed by atoms with Gasteiger partial charge in [-0.25, -0.2) is 0 Å². The minimum atomic E-state index is -0.708. The van der Waals surface area contributed by atoms with Gasteiger partial charge in [0.05, 0.1) is 5.60 Å². The molecule has 21 heavy (non-hydrogen) atoms. The normalized spacial score (nSPS) is 17.0. The zero-order valence-electron chi connectivity index (χ0n) is 13.0. The van der Waals surface area contributed by atoms with Crippen molar-refractivity contribution in [3.63, 3.8) is 0 Å². The van der Waals surface area contributed by atoms with E-state index in [9.17, 15) is 15.0 Å². The van der Waals surface area contributed by atoms with E-state index in [1.807, 2.05) is 4.90 Å². The molecule has 0 aliphatic carbocycles. The number of hydrogen-bond acceptors (Lipinski definition) is 4. The van der Waals surface area contributed by atoms with Crippen molar-refractivity contribution in [1.82, 2.24) is 9.80 Å². The summed E-state index contributed by atoms with van der Waals surface area (Å²) in [6.45, 7) is 8.86. The van der Waals surface area contributed by atoms with E-state index >= 15 is 0 Å². The Morgan fingerprint density at radius 1 is 1.24 bits per heavy atom. The van der Waals surface area contributed by atoms with Crippen LogP contribution in [0.4, 0.5) is 0 Å². The fourth-order valence-electron chi connectivity index (χ4n) is 2.63. The maximum atomic E-state index is 12.4. The molecule has 0 saturated carbocycles. The summed E-state index contributed by atoms with van der Waals surface area (Å²) in [5.41, 5.74) is 0.614. The van der Waals surface area contributed by atoms with Gasteiger partial charge in [-0.3, -0.25) is 9.69 Å². The number of aromatic hydroxyl groups is 1. The van der Waals surface area contributed by atoms with E-state index in [0.29, 0.717) is 30.8 Å². The van der Waals surface area contributed by atoms with Crippen LogP contribution in [0, 0.1) is 6.92 Å². The van der Waals surface area contributed by atoms with E-state index in [1.165, 1.54) is 0 Å². The highest BCUT2D eigenvalue weighted by Gasteiger charge is 2.25. The fraction of sp³-hybridized carbons (Fsp3) is 0.562. The van der Waals surface area contributed by atoms with Gasteiger partial charge in [-0.2, -0.15) is 0 Å². The summed E-state index contributed by atoms with van der Waals surface area (Å²) in [6, 6.07) is 4.95. The molecule has 5 nitrogen and oxygen atoms in total. The van der Waals surface area contributed by atoms with Crippen LogP contribution in [-0.2, 0) is 0 Å². The van der Waals surface area contributed by atoms with Crippen LogP contribution in [0.3, 0.4) is 0 Å². The number of carbonyl (C=O) groups is 1. The second-order valence-corrected chi connectivity index (χ2v) is 6.38. The number of benzene rings is 1. The Hall–Kier alpha value is -1.59. The number of phenolic OH excluding ortho intramolecular Hbond substituents is 1. The summed E-state index contributed by atoms with van der Waals surface area (Å²) >= 11 is 0. The second-order valence-electron chi connectivity index (χ2n) is 6.38. The molecule has 2 N–H and O–H groups in total. The van der Waals surface area contributed by atoms with Crippen LogP contribution in [-0.4, -0.2) is 64.2 Å². The van der Waals surface area contributed by atoms with E-state index < -0.39 is 5.60 Å². The van der Waals surface area contributed by atoms with Gasteiger partial charge in [-0.15, -0.1) is 0 Å². The predicted molar refractivity (Wildman–Crippen MR) is 81.5 cm³/mol. The molecule has 1 aromatic carbocycles. The lowest BCUT2D eigenvalue weighted by Gasteiger charge is -2.37. The number of phenols is 1. The van der Waals surface area contributed by atoms with E-state index in [2.05, 4.69) is 4.90 Å². The highest BCUT2D eigenvalue weighted by Crippen LogP contribution is 2.19. The van der Waals surface area contributed by atoms with Gasteiger partial charge in [0.2, 0.25) is 0 Å². The molecule has 2 rings (SSSR count). The zero-order valence-corrected chi connectivity index (χ0v) is 13.0. The van der Waals surface area contributed by atoms with Crippen molar-refractivity contribution >= 4 is 5.91 Å². The highest BCUT2D eigenvalue weighted by atomic mass is 16.3. The Morgan fingerprint density at radius 3 is 2.38 bits per heavy atom. The first-order valence-corrected chi connectivity index (χ1v) is 7.30. The van der Waals surface area contributed by atoms with Crippen molar-refractivity contribution in [1.29, 1.82) is 0 Å². The minimum absolute atomic E-state index is 0.000934. The Morgan fingerprint density at radius 2 is 1.86 bits per heavy atom. The van der Waals surface area contributed by atoms with Gasteiger partial charge in [0.1, 0.15) is 5.75 Å². The summed E-state index contributed by atoms with van der Waals surface area (Å²) in [5.74, 6) is 0.211. The van der Waals surface area contributed by atoms with Gasteiger partial charge in [0, 0.05) is 38.3 Å². The molecule has 0 radical (unpaired) electrons. The van der Waals surface area contributed by atoms with Gasteiger partial charge in [0.25, 0.3) is 5.91 Å².